The number of nitrogens with zero attached hydrogens (tertiary/aromatic N) is 4. The van der Waals surface area contributed by atoms with Crippen molar-refractivity contribution in [1.82, 2.24) is 25.2 Å². The molecule has 2 amide bonds. The van der Waals surface area contributed by atoms with Crippen molar-refractivity contribution in [2.45, 2.75) is 45.2 Å². The van der Waals surface area contributed by atoms with Gasteiger partial charge in [-0.2, -0.15) is 0 Å². The van der Waals surface area contributed by atoms with Crippen LogP contribution in [0.5, 0.6) is 0 Å². The molecule has 0 saturated carbocycles. The number of aromatic nitrogens is 3. The maximum absolute atomic E-state index is 12.7. The van der Waals surface area contributed by atoms with E-state index in [0.717, 1.165) is 30.6 Å². The summed E-state index contributed by atoms with van der Waals surface area (Å²) in [6.45, 7) is 2.57. The third-order valence-electron chi connectivity index (χ3n) is 4.47. The Morgan fingerprint density at radius 1 is 1.31 bits per heavy atom. The van der Waals surface area contributed by atoms with E-state index in [4.69, 9.17) is 0 Å². The van der Waals surface area contributed by atoms with Crippen LogP contribution in [0.25, 0.3) is 0 Å². The summed E-state index contributed by atoms with van der Waals surface area (Å²) in [4.78, 5) is 38.7. The highest BCUT2D eigenvalue weighted by atomic mass is 16.2. The SMILES string of the molecule is CC(=O)NCc1ccnc(C2CCCN2C(=O)CCc2cccnc2)n1. The Labute approximate surface area is 152 Å². The molecule has 0 aliphatic carbocycles. The van der Waals surface area contributed by atoms with Crippen LogP contribution in [0.2, 0.25) is 0 Å². The summed E-state index contributed by atoms with van der Waals surface area (Å²) in [5.41, 5.74) is 1.81. The molecule has 2 aromatic rings. The number of hydrogen-bond acceptors (Lipinski definition) is 5. The molecule has 0 bridgehead atoms. The molecule has 2 aromatic heterocycles. The van der Waals surface area contributed by atoms with Crippen molar-refractivity contribution in [2.24, 2.45) is 0 Å². The number of pyridine rings is 1. The van der Waals surface area contributed by atoms with Crippen molar-refractivity contribution in [3.63, 3.8) is 0 Å². The van der Waals surface area contributed by atoms with Gasteiger partial charge in [0.25, 0.3) is 0 Å². The Balaban J connectivity index is 1.64. The molecule has 136 valence electrons. The zero-order valence-electron chi connectivity index (χ0n) is 14.9. The van der Waals surface area contributed by atoms with E-state index in [2.05, 4.69) is 20.3 Å². The van der Waals surface area contributed by atoms with Crippen molar-refractivity contribution in [2.75, 3.05) is 6.54 Å². The molecule has 1 N–H and O–H groups in total. The van der Waals surface area contributed by atoms with Gasteiger partial charge in [0.2, 0.25) is 11.8 Å². The van der Waals surface area contributed by atoms with Gasteiger partial charge in [-0.05, 0) is 37.0 Å². The molecule has 0 radical (unpaired) electrons. The van der Waals surface area contributed by atoms with Gasteiger partial charge in [0.05, 0.1) is 18.3 Å². The molecule has 0 aromatic carbocycles. The summed E-state index contributed by atoms with van der Waals surface area (Å²) < 4.78 is 0. The van der Waals surface area contributed by atoms with E-state index in [9.17, 15) is 9.59 Å². The molecule has 1 fully saturated rings. The van der Waals surface area contributed by atoms with Gasteiger partial charge in [0, 0.05) is 38.5 Å². The number of rotatable bonds is 6. The summed E-state index contributed by atoms with van der Waals surface area (Å²) in [5, 5.41) is 2.74. The summed E-state index contributed by atoms with van der Waals surface area (Å²) in [6.07, 6.45) is 8.16. The van der Waals surface area contributed by atoms with Crippen LogP contribution < -0.4 is 5.32 Å². The third kappa shape index (κ3) is 4.62. The van der Waals surface area contributed by atoms with Crippen LogP contribution in [0.1, 0.15) is 49.3 Å². The fourth-order valence-electron chi connectivity index (χ4n) is 3.16. The Bertz CT molecular complexity index is 766. The number of carbonyl (C=O) groups excluding carboxylic acids is 2. The molecule has 1 unspecified atom stereocenters. The van der Waals surface area contributed by atoms with Crippen LogP contribution in [0.4, 0.5) is 0 Å². The minimum Gasteiger partial charge on any atom is -0.351 e. The Morgan fingerprint density at radius 2 is 2.19 bits per heavy atom. The number of aryl methyl sites for hydroxylation is 1. The Hall–Kier alpha value is -2.83. The normalized spacial score (nSPS) is 16.5. The van der Waals surface area contributed by atoms with Crippen LogP contribution in [0.15, 0.2) is 36.8 Å². The quantitative estimate of drug-likeness (QED) is 0.855. The maximum atomic E-state index is 12.7. The predicted molar refractivity (Wildman–Crippen MR) is 95.8 cm³/mol. The smallest absolute Gasteiger partial charge is 0.223 e. The number of carbonyl (C=O) groups is 2. The van der Waals surface area contributed by atoms with Crippen molar-refractivity contribution in [3.8, 4) is 0 Å². The van der Waals surface area contributed by atoms with Gasteiger partial charge in [-0.1, -0.05) is 6.07 Å². The van der Waals surface area contributed by atoms with E-state index in [0.29, 0.717) is 25.2 Å². The lowest BCUT2D eigenvalue weighted by Gasteiger charge is -2.24. The second-order valence-corrected chi connectivity index (χ2v) is 6.42. The van der Waals surface area contributed by atoms with E-state index in [-0.39, 0.29) is 17.9 Å². The molecule has 1 aliphatic heterocycles. The van der Waals surface area contributed by atoms with E-state index in [1.165, 1.54) is 6.92 Å². The fourth-order valence-corrected chi connectivity index (χ4v) is 3.16. The maximum Gasteiger partial charge on any atom is 0.223 e. The summed E-state index contributed by atoms with van der Waals surface area (Å²) in [5.74, 6) is 0.672. The zero-order chi connectivity index (χ0) is 18.4. The van der Waals surface area contributed by atoms with Gasteiger partial charge < -0.3 is 10.2 Å². The van der Waals surface area contributed by atoms with Crippen molar-refractivity contribution in [3.05, 3.63) is 53.9 Å². The molecule has 3 rings (SSSR count). The first-order valence-corrected chi connectivity index (χ1v) is 8.88. The lowest BCUT2D eigenvalue weighted by Crippen LogP contribution is -2.32. The summed E-state index contributed by atoms with van der Waals surface area (Å²) in [7, 11) is 0. The molecule has 0 spiro atoms. The average Bonchev–Trinajstić information content (AvgIpc) is 3.15. The summed E-state index contributed by atoms with van der Waals surface area (Å²) in [6, 6.07) is 5.56. The van der Waals surface area contributed by atoms with E-state index < -0.39 is 0 Å². The number of likely N-dealkylation sites (tertiary alicyclic amines) is 1. The number of amides is 2. The lowest BCUT2D eigenvalue weighted by molar-refractivity contribution is -0.132. The summed E-state index contributed by atoms with van der Waals surface area (Å²) >= 11 is 0. The number of hydrogen-bond donors (Lipinski definition) is 1. The molecule has 26 heavy (non-hydrogen) atoms. The van der Waals surface area contributed by atoms with Crippen LogP contribution in [0, 0.1) is 0 Å². The molecule has 7 nitrogen and oxygen atoms in total. The average molecular weight is 353 g/mol. The first-order valence-electron chi connectivity index (χ1n) is 8.88. The van der Waals surface area contributed by atoms with Crippen LogP contribution in [-0.4, -0.2) is 38.2 Å². The molecule has 1 saturated heterocycles. The van der Waals surface area contributed by atoms with Gasteiger partial charge in [0.1, 0.15) is 0 Å². The van der Waals surface area contributed by atoms with E-state index in [1.54, 1.807) is 24.7 Å². The molecular weight excluding hydrogens is 330 g/mol. The van der Waals surface area contributed by atoms with Crippen molar-refractivity contribution < 1.29 is 9.59 Å². The first kappa shape index (κ1) is 18.0. The third-order valence-corrected chi connectivity index (χ3v) is 4.47. The molecule has 1 atom stereocenters. The van der Waals surface area contributed by atoms with E-state index >= 15 is 0 Å². The van der Waals surface area contributed by atoms with Gasteiger partial charge in [-0.15, -0.1) is 0 Å². The minimum atomic E-state index is -0.0989. The highest BCUT2D eigenvalue weighted by Crippen LogP contribution is 2.30. The van der Waals surface area contributed by atoms with Gasteiger partial charge in [-0.25, -0.2) is 9.97 Å². The standard InChI is InChI=1S/C19H23N5O2/c1-14(25)22-13-16-8-10-21-19(23-16)17-5-3-11-24(17)18(26)7-6-15-4-2-9-20-12-15/h2,4,8-10,12,17H,3,5-7,11,13H2,1H3,(H,22,25). The van der Waals surface area contributed by atoms with Gasteiger partial charge >= 0.3 is 0 Å². The minimum absolute atomic E-state index is 0.0892. The van der Waals surface area contributed by atoms with Crippen molar-refractivity contribution in [1.29, 1.82) is 0 Å². The first-order chi connectivity index (χ1) is 12.6. The molecule has 3 heterocycles. The predicted octanol–water partition coefficient (Wildman–Crippen LogP) is 1.80. The molecule has 7 heteroatoms. The van der Waals surface area contributed by atoms with Gasteiger partial charge in [0.15, 0.2) is 5.82 Å². The van der Waals surface area contributed by atoms with Crippen LogP contribution >= 0.6 is 0 Å². The van der Waals surface area contributed by atoms with Crippen LogP contribution in [-0.2, 0) is 22.6 Å². The molecular formula is C19H23N5O2. The van der Waals surface area contributed by atoms with Crippen LogP contribution in [0.3, 0.4) is 0 Å². The Kier molecular flexibility index (Phi) is 5.88. The van der Waals surface area contributed by atoms with Crippen molar-refractivity contribution >= 4 is 11.8 Å². The fraction of sp³-hybridized carbons (Fsp3) is 0.421. The molecule has 1 aliphatic rings. The van der Waals surface area contributed by atoms with Gasteiger partial charge in [-0.3, -0.25) is 14.6 Å². The monoisotopic (exact) mass is 353 g/mol. The number of nitrogens with one attached hydrogen (secondary N) is 1. The lowest BCUT2D eigenvalue weighted by atomic mass is 10.1. The Morgan fingerprint density at radius 3 is 2.96 bits per heavy atom. The van der Waals surface area contributed by atoms with E-state index in [1.807, 2.05) is 17.0 Å². The second kappa shape index (κ2) is 8.51. The topological polar surface area (TPSA) is 88.1 Å². The highest BCUT2D eigenvalue weighted by molar-refractivity contribution is 5.77. The second-order valence-electron chi connectivity index (χ2n) is 6.42. The largest absolute Gasteiger partial charge is 0.351 e. The highest BCUT2D eigenvalue weighted by Gasteiger charge is 2.31. The zero-order valence-corrected chi connectivity index (χ0v) is 14.9.